The van der Waals surface area contributed by atoms with Crippen molar-refractivity contribution in [3.05, 3.63) is 41.1 Å². The van der Waals surface area contributed by atoms with E-state index in [1.54, 1.807) is 32.0 Å². The zero-order valence-electron chi connectivity index (χ0n) is 16.3. The van der Waals surface area contributed by atoms with Gasteiger partial charge in [-0.2, -0.15) is 0 Å². The van der Waals surface area contributed by atoms with Crippen LogP contribution in [0.1, 0.15) is 16.8 Å². The van der Waals surface area contributed by atoms with Gasteiger partial charge in [-0.3, -0.25) is 4.79 Å². The molecule has 0 unspecified atom stereocenters. The number of hydrogen-bond acceptors (Lipinski definition) is 7. The van der Waals surface area contributed by atoms with Crippen LogP contribution in [0.2, 0.25) is 0 Å². The highest BCUT2D eigenvalue weighted by atomic mass is 32.2. The number of benzene rings is 1. The van der Waals surface area contributed by atoms with Gasteiger partial charge in [0.2, 0.25) is 5.91 Å². The van der Waals surface area contributed by atoms with Gasteiger partial charge in [-0.1, -0.05) is 18.2 Å². The van der Waals surface area contributed by atoms with Gasteiger partial charge < -0.3 is 10.4 Å². The van der Waals surface area contributed by atoms with E-state index in [0.717, 1.165) is 10.6 Å². The summed E-state index contributed by atoms with van der Waals surface area (Å²) in [5.41, 5.74) is 2.51. The van der Waals surface area contributed by atoms with E-state index in [4.69, 9.17) is 5.11 Å². The molecule has 0 radical (unpaired) electrons. The monoisotopic (exact) mass is 440 g/mol. The van der Waals surface area contributed by atoms with Crippen LogP contribution in [0, 0.1) is 20.8 Å². The number of hydrogen-bond donors (Lipinski definition) is 2. The standard InChI is InChI=1S/C19H24N2O4S3/c1-12-6-5-7-13(2)18(12)28(24,25)11-16(23)21-17-15(26-4)10-14(3)20-19(17)27-9-8-22/h5-7,10,22H,8-9,11H2,1-4H3,(H,21,23). The number of pyridine rings is 1. The van der Waals surface area contributed by atoms with Crippen LogP contribution < -0.4 is 5.32 Å². The summed E-state index contributed by atoms with van der Waals surface area (Å²) in [5, 5.41) is 12.4. The van der Waals surface area contributed by atoms with E-state index in [1.165, 1.54) is 23.5 Å². The van der Waals surface area contributed by atoms with Crippen molar-refractivity contribution in [2.24, 2.45) is 0 Å². The average molecular weight is 441 g/mol. The quantitative estimate of drug-likeness (QED) is 0.608. The molecule has 2 N–H and O–H groups in total. The zero-order chi connectivity index (χ0) is 20.9. The molecule has 1 heterocycles. The maximum absolute atomic E-state index is 12.8. The van der Waals surface area contributed by atoms with Gasteiger partial charge >= 0.3 is 0 Å². The summed E-state index contributed by atoms with van der Waals surface area (Å²) in [4.78, 5) is 18.0. The fourth-order valence-corrected chi connectivity index (χ4v) is 6.03. The van der Waals surface area contributed by atoms with Crippen molar-refractivity contribution in [3.8, 4) is 0 Å². The second kappa shape index (κ2) is 9.78. The Labute approximate surface area is 174 Å². The molecule has 2 rings (SSSR count). The largest absolute Gasteiger partial charge is 0.396 e. The molecule has 0 bridgehead atoms. The molecule has 0 aliphatic heterocycles. The summed E-state index contributed by atoms with van der Waals surface area (Å²) in [7, 11) is -3.78. The van der Waals surface area contributed by atoms with E-state index in [9.17, 15) is 13.2 Å². The number of aliphatic hydroxyl groups excluding tert-OH is 1. The van der Waals surface area contributed by atoms with E-state index >= 15 is 0 Å². The summed E-state index contributed by atoms with van der Waals surface area (Å²) in [5.74, 6) is -0.840. The lowest BCUT2D eigenvalue weighted by atomic mass is 10.2. The number of carbonyl (C=O) groups excluding carboxylic acids is 1. The van der Waals surface area contributed by atoms with Crippen molar-refractivity contribution in [3.63, 3.8) is 0 Å². The zero-order valence-corrected chi connectivity index (χ0v) is 18.7. The molecular weight excluding hydrogens is 416 g/mol. The van der Waals surface area contributed by atoms with Crippen molar-refractivity contribution < 1.29 is 18.3 Å². The van der Waals surface area contributed by atoms with Gasteiger partial charge in [0.1, 0.15) is 10.8 Å². The fraction of sp³-hybridized carbons (Fsp3) is 0.368. The molecule has 1 aromatic heterocycles. The highest BCUT2D eigenvalue weighted by Gasteiger charge is 2.24. The molecule has 9 heteroatoms. The lowest BCUT2D eigenvalue weighted by molar-refractivity contribution is -0.113. The first kappa shape index (κ1) is 22.7. The smallest absolute Gasteiger partial charge is 0.240 e. The minimum absolute atomic E-state index is 0.0246. The highest BCUT2D eigenvalue weighted by Crippen LogP contribution is 2.34. The van der Waals surface area contributed by atoms with Crippen LogP contribution in [0.4, 0.5) is 5.69 Å². The molecule has 0 aliphatic carbocycles. The third-order valence-corrected chi connectivity index (χ3v) is 7.56. The maximum Gasteiger partial charge on any atom is 0.240 e. The van der Waals surface area contributed by atoms with Gasteiger partial charge in [-0.05, 0) is 44.2 Å². The molecule has 0 atom stereocenters. The minimum Gasteiger partial charge on any atom is -0.396 e. The molecule has 28 heavy (non-hydrogen) atoms. The van der Waals surface area contributed by atoms with Crippen LogP contribution in [-0.2, 0) is 14.6 Å². The Balaban J connectivity index is 2.32. The van der Waals surface area contributed by atoms with Crippen LogP contribution in [0.3, 0.4) is 0 Å². The fourth-order valence-electron chi connectivity index (χ4n) is 2.85. The summed E-state index contributed by atoms with van der Waals surface area (Å²) >= 11 is 2.75. The molecule has 0 saturated carbocycles. The SMILES string of the molecule is CSc1cc(C)nc(SCCO)c1NC(=O)CS(=O)(=O)c1c(C)cccc1C. The molecule has 1 aromatic carbocycles. The summed E-state index contributed by atoms with van der Waals surface area (Å²) in [6.07, 6.45) is 1.87. The Morgan fingerprint density at radius 3 is 2.43 bits per heavy atom. The second-order valence-electron chi connectivity index (χ2n) is 6.25. The number of rotatable bonds is 8. The second-order valence-corrected chi connectivity index (χ2v) is 10.1. The number of sulfone groups is 1. The van der Waals surface area contributed by atoms with Gasteiger partial charge in [0, 0.05) is 16.3 Å². The molecule has 1 amide bonds. The van der Waals surface area contributed by atoms with Crippen molar-refractivity contribution in [2.75, 3.05) is 29.7 Å². The number of aryl methyl sites for hydroxylation is 3. The number of anilines is 1. The number of amides is 1. The van der Waals surface area contributed by atoms with Crippen molar-refractivity contribution in [1.82, 2.24) is 4.98 Å². The summed E-state index contributed by atoms with van der Waals surface area (Å²) in [6.45, 7) is 5.26. The van der Waals surface area contributed by atoms with Crippen LogP contribution in [0.5, 0.6) is 0 Å². The van der Waals surface area contributed by atoms with E-state index in [1.807, 2.05) is 19.2 Å². The van der Waals surface area contributed by atoms with E-state index < -0.39 is 21.5 Å². The molecule has 0 saturated heterocycles. The van der Waals surface area contributed by atoms with Crippen LogP contribution in [0.15, 0.2) is 39.1 Å². The molecule has 2 aromatic rings. The van der Waals surface area contributed by atoms with E-state index in [0.29, 0.717) is 27.6 Å². The predicted molar refractivity (Wildman–Crippen MR) is 115 cm³/mol. The first-order valence-corrected chi connectivity index (χ1v) is 12.4. The number of thioether (sulfide) groups is 2. The van der Waals surface area contributed by atoms with Crippen molar-refractivity contribution in [1.29, 1.82) is 0 Å². The van der Waals surface area contributed by atoms with E-state index in [2.05, 4.69) is 10.3 Å². The number of nitrogens with zero attached hydrogens (tertiary/aromatic N) is 1. The van der Waals surface area contributed by atoms with Crippen LogP contribution in [0.25, 0.3) is 0 Å². The first-order valence-electron chi connectivity index (χ1n) is 8.57. The Kier molecular flexibility index (Phi) is 7.94. The molecular formula is C19H24N2O4S3. The summed E-state index contributed by atoms with van der Waals surface area (Å²) in [6, 6.07) is 7.06. The van der Waals surface area contributed by atoms with Gasteiger partial charge in [0.05, 0.1) is 17.2 Å². The number of carbonyl (C=O) groups is 1. The number of nitrogens with one attached hydrogen (secondary N) is 1. The molecule has 0 fully saturated rings. The third kappa shape index (κ3) is 5.50. The van der Waals surface area contributed by atoms with Crippen LogP contribution >= 0.6 is 23.5 Å². The highest BCUT2D eigenvalue weighted by molar-refractivity contribution is 8.00. The van der Waals surface area contributed by atoms with Crippen LogP contribution in [-0.4, -0.2) is 48.8 Å². The topological polar surface area (TPSA) is 96.4 Å². The first-order chi connectivity index (χ1) is 13.2. The lowest BCUT2D eigenvalue weighted by Gasteiger charge is -2.15. The molecule has 0 spiro atoms. The molecule has 0 aliphatic rings. The number of aromatic nitrogens is 1. The Morgan fingerprint density at radius 2 is 1.86 bits per heavy atom. The van der Waals surface area contributed by atoms with Crippen molar-refractivity contribution in [2.45, 2.75) is 35.6 Å². The molecule has 152 valence electrons. The summed E-state index contributed by atoms with van der Waals surface area (Å²) < 4.78 is 25.6. The average Bonchev–Trinajstić information content (AvgIpc) is 2.60. The lowest BCUT2D eigenvalue weighted by Crippen LogP contribution is -2.24. The van der Waals surface area contributed by atoms with E-state index in [-0.39, 0.29) is 11.5 Å². The van der Waals surface area contributed by atoms with Gasteiger partial charge in [-0.25, -0.2) is 13.4 Å². The Bertz CT molecular complexity index is 955. The minimum atomic E-state index is -3.78. The third-order valence-electron chi connectivity index (χ3n) is 3.93. The Hall–Kier alpha value is -1.55. The normalized spacial score (nSPS) is 11.5. The van der Waals surface area contributed by atoms with Gasteiger partial charge in [0.15, 0.2) is 9.84 Å². The predicted octanol–water partition coefficient (Wildman–Crippen LogP) is 3.23. The number of aliphatic hydroxyl groups is 1. The van der Waals surface area contributed by atoms with Crippen molar-refractivity contribution >= 4 is 45.0 Å². The molecule has 6 nitrogen and oxygen atoms in total. The maximum atomic E-state index is 12.8. The Morgan fingerprint density at radius 1 is 1.21 bits per heavy atom. The van der Waals surface area contributed by atoms with Gasteiger partial charge in [0.25, 0.3) is 0 Å². The van der Waals surface area contributed by atoms with Gasteiger partial charge in [-0.15, -0.1) is 23.5 Å².